The fourth-order valence-corrected chi connectivity index (χ4v) is 1.67. The third kappa shape index (κ3) is 4.46. The van der Waals surface area contributed by atoms with Gasteiger partial charge in [0.1, 0.15) is 0 Å². The smallest absolute Gasteiger partial charge is 0.0949 e. The third-order valence-electron chi connectivity index (χ3n) is 2.77. The molecule has 0 aromatic carbocycles. The molecule has 0 aliphatic rings. The van der Waals surface area contributed by atoms with Gasteiger partial charge in [-0.25, -0.2) is 4.98 Å². The van der Waals surface area contributed by atoms with Gasteiger partial charge in [-0.3, -0.25) is 0 Å². The molecule has 17 heavy (non-hydrogen) atoms. The van der Waals surface area contributed by atoms with E-state index in [4.69, 9.17) is 10.5 Å². The van der Waals surface area contributed by atoms with Crippen LogP contribution in [0.5, 0.6) is 0 Å². The Labute approximate surface area is 104 Å². The van der Waals surface area contributed by atoms with E-state index < -0.39 is 0 Å². The number of hydrogen-bond acceptors (Lipinski definition) is 4. The molecule has 0 spiro atoms. The van der Waals surface area contributed by atoms with E-state index in [2.05, 4.69) is 21.5 Å². The maximum Gasteiger partial charge on any atom is 0.0949 e. The van der Waals surface area contributed by atoms with Crippen LogP contribution in [0.25, 0.3) is 0 Å². The fraction of sp³-hybridized carbons (Fsp3) is 0.750. The molecule has 2 N–H and O–H groups in total. The van der Waals surface area contributed by atoms with Gasteiger partial charge in [-0.15, -0.1) is 0 Å². The highest BCUT2D eigenvalue weighted by molar-refractivity contribution is 5.09. The van der Waals surface area contributed by atoms with Crippen LogP contribution in [-0.4, -0.2) is 48.3 Å². The van der Waals surface area contributed by atoms with Gasteiger partial charge in [0.15, 0.2) is 0 Å². The molecule has 1 aromatic heterocycles. The zero-order chi connectivity index (χ0) is 12.9. The van der Waals surface area contributed by atoms with Gasteiger partial charge in [-0.1, -0.05) is 0 Å². The number of methoxy groups -OCH3 is 1. The summed E-state index contributed by atoms with van der Waals surface area (Å²) < 4.78 is 7.16. The summed E-state index contributed by atoms with van der Waals surface area (Å²) in [5.74, 6) is 0. The minimum absolute atomic E-state index is 0.346. The van der Waals surface area contributed by atoms with Gasteiger partial charge < -0.3 is 19.9 Å². The molecule has 5 heteroatoms. The van der Waals surface area contributed by atoms with Crippen molar-refractivity contribution in [1.82, 2.24) is 14.5 Å². The monoisotopic (exact) mass is 240 g/mol. The van der Waals surface area contributed by atoms with E-state index in [9.17, 15) is 0 Å². The lowest BCUT2D eigenvalue weighted by atomic mass is 10.0. The Kier molecular flexibility index (Phi) is 5.11. The Morgan fingerprint density at radius 1 is 1.47 bits per heavy atom. The van der Waals surface area contributed by atoms with Crippen molar-refractivity contribution in [2.75, 3.05) is 33.9 Å². The Morgan fingerprint density at radius 3 is 2.76 bits per heavy atom. The number of hydrogen-bond donors (Lipinski definition) is 1. The van der Waals surface area contributed by atoms with E-state index in [0.29, 0.717) is 0 Å². The van der Waals surface area contributed by atoms with Gasteiger partial charge >= 0.3 is 0 Å². The quantitative estimate of drug-likeness (QED) is 0.760. The van der Waals surface area contributed by atoms with Gasteiger partial charge in [0.05, 0.1) is 24.2 Å². The van der Waals surface area contributed by atoms with Crippen LogP contribution in [-0.2, 0) is 16.8 Å². The molecule has 0 unspecified atom stereocenters. The number of aromatic nitrogens is 2. The summed E-state index contributed by atoms with van der Waals surface area (Å²) in [6, 6.07) is 0. The second-order valence-electron chi connectivity index (χ2n) is 4.99. The van der Waals surface area contributed by atoms with E-state index in [0.717, 1.165) is 31.9 Å². The molecule has 0 amide bonds. The van der Waals surface area contributed by atoms with Crippen molar-refractivity contribution in [3.8, 4) is 0 Å². The zero-order valence-electron chi connectivity index (χ0n) is 11.3. The predicted molar refractivity (Wildman–Crippen MR) is 68.8 cm³/mol. The van der Waals surface area contributed by atoms with Crippen LogP contribution in [0.2, 0.25) is 0 Å². The highest BCUT2D eigenvalue weighted by Gasteiger charge is 2.18. The molecule has 0 radical (unpaired) electrons. The van der Waals surface area contributed by atoms with Crippen molar-refractivity contribution in [2.45, 2.75) is 25.9 Å². The Balaban J connectivity index is 2.50. The molecule has 0 atom stereocenters. The molecular formula is C12H24N4O. The summed E-state index contributed by atoms with van der Waals surface area (Å²) in [7, 11) is 3.81. The van der Waals surface area contributed by atoms with E-state index in [1.54, 1.807) is 7.11 Å². The van der Waals surface area contributed by atoms with Gasteiger partial charge in [0.25, 0.3) is 0 Å². The van der Waals surface area contributed by atoms with E-state index in [1.165, 1.54) is 0 Å². The first-order valence-electron chi connectivity index (χ1n) is 5.92. The normalized spacial score (nSPS) is 12.4. The SMILES string of the molecule is COCCN(C)CCn1cncc1C(C)(C)N. The molecule has 0 saturated heterocycles. The fourth-order valence-electron chi connectivity index (χ4n) is 1.67. The van der Waals surface area contributed by atoms with Crippen LogP contribution < -0.4 is 5.73 Å². The maximum atomic E-state index is 6.09. The first-order valence-corrected chi connectivity index (χ1v) is 5.92. The molecule has 0 fully saturated rings. The van der Waals surface area contributed by atoms with E-state index in [1.807, 2.05) is 26.4 Å². The van der Waals surface area contributed by atoms with Gasteiger partial charge in [-0.2, -0.15) is 0 Å². The summed E-state index contributed by atoms with van der Waals surface area (Å²) in [5, 5.41) is 0. The molecule has 98 valence electrons. The standard InChI is InChI=1S/C12H24N4O/c1-12(2,13)11-9-14-10-16(11)6-5-15(3)7-8-17-4/h9-10H,5-8,13H2,1-4H3. The van der Waals surface area contributed by atoms with Crippen molar-refractivity contribution in [3.63, 3.8) is 0 Å². The summed E-state index contributed by atoms with van der Waals surface area (Å²) in [4.78, 5) is 6.40. The van der Waals surface area contributed by atoms with Crippen LogP contribution >= 0.6 is 0 Å². The largest absolute Gasteiger partial charge is 0.383 e. The highest BCUT2D eigenvalue weighted by atomic mass is 16.5. The van der Waals surface area contributed by atoms with Crippen LogP contribution in [0.3, 0.4) is 0 Å². The summed E-state index contributed by atoms with van der Waals surface area (Å²) >= 11 is 0. The summed E-state index contributed by atoms with van der Waals surface area (Å²) in [6.07, 6.45) is 3.68. The molecule has 0 aliphatic carbocycles. The average molecular weight is 240 g/mol. The Bertz CT molecular complexity index is 329. The topological polar surface area (TPSA) is 56.3 Å². The van der Waals surface area contributed by atoms with Crippen molar-refractivity contribution < 1.29 is 4.74 Å². The first kappa shape index (κ1) is 14.2. The van der Waals surface area contributed by atoms with Crippen molar-refractivity contribution in [2.24, 2.45) is 5.73 Å². The molecule has 1 rings (SSSR count). The molecule has 0 bridgehead atoms. The predicted octanol–water partition coefficient (Wildman–Crippen LogP) is 0.655. The third-order valence-corrected chi connectivity index (χ3v) is 2.77. The van der Waals surface area contributed by atoms with Crippen LogP contribution in [0, 0.1) is 0 Å². The molecule has 0 saturated carbocycles. The van der Waals surface area contributed by atoms with Gasteiger partial charge in [-0.05, 0) is 20.9 Å². The molecular weight excluding hydrogens is 216 g/mol. The molecule has 1 heterocycles. The van der Waals surface area contributed by atoms with Crippen molar-refractivity contribution in [3.05, 3.63) is 18.2 Å². The first-order chi connectivity index (χ1) is 7.95. The number of ether oxygens (including phenoxy) is 1. The highest BCUT2D eigenvalue weighted by Crippen LogP contribution is 2.15. The lowest BCUT2D eigenvalue weighted by Gasteiger charge is -2.22. The van der Waals surface area contributed by atoms with Crippen LogP contribution in [0.15, 0.2) is 12.5 Å². The minimum Gasteiger partial charge on any atom is -0.383 e. The average Bonchev–Trinajstić information content (AvgIpc) is 2.71. The Morgan fingerprint density at radius 2 is 2.18 bits per heavy atom. The Hall–Kier alpha value is -0.910. The lowest BCUT2D eigenvalue weighted by molar-refractivity contribution is 0.159. The number of imidazole rings is 1. The van der Waals surface area contributed by atoms with Crippen LogP contribution in [0.4, 0.5) is 0 Å². The van der Waals surface area contributed by atoms with Gasteiger partial charge in [0, 0.05) is 32.9 Å². The van der Waals surface area contributed by atoms with Crippen molar-refractivity contribution >= 4 is 0 Å². The second-order valence-corrected chi connectivity index (χ2v) is 4.99. The number of likely N-dealkylation sites (N-methyl/N-ethyl adjacent to an activating group) is 1. The molecule has 1 aromatic rings. The number of nitrogens with two attached hydrogens (primary N) is 1. The lowest BCUT2D eigenvalue weighted by Crippen LogP contribution is -2.33. The summed E-state index contributed by atoms with van der Waals surface area (Å²) in [6.45, 7) is 7.55. The minimum atomic E-state index is -0.346. The van der Waals surface area contributed by atoms with E-state index >= 15 is 0 Å². The zero-order valence-corrected chi connectivity index (χ0v) is 11.3. The van der Waals surface area contributed by atoms with Crippen molar-refractivity contribution in [1.29, 1.82) is 0 Å². The second kappa shape index (κ2) is 6.14. The van der Waals surface area contributed by atoms with Crippen LogP contribution in [0.1, 0.15) is 19.5 Å². The molecule has 0 aliphatic heterocycles. The number of rotatable bonds is 7. The van der Waals surface area contributed by atoms with E-state index in [-0.39, 0.29) is 5.54 Å². The number of nitrogens with zero attached hydrogens (tertiary/aromatic N) is 3. The molecule has 5 nitrogen and oxygen atoms in total. The van der Waals surface area contributed by atoms with Gasteiger partial charge in [0.2, 0.25) is 0 Å². The maximum absolute atomic E-state index is 6.09. The summed E-state index contributed by atoms with van der Waals surface area (Å²) in [5.41, 5.74) is 6.82.